The summed E-state index contributed by atoms with van der Waals surface area (Å²) in [6.07, 6.45) is 4.32. The monoisotopic (exact) mass is 475 g/mol. The van der Waals surface area contributed by atoms with Crippen molar-refractivity contribution in [2.45, 2.75) is 18.9 Å². The third-order valence-corrected chi connectivity index (χ3v) is 7.78. The molecule has 1 amide bonds. The highest BCUT2D eigenvalue weighted by Gasteiger charge is 2.34. The predicted molar refractivity (Wildman–Crippen MR) is 134 cm³/mol. The summed E-state index contributed by atoms with van der Waals surface area (Å²) in [7, 11) is -1.73. The van der Waals surface area contributed by atoms with Gasteiger partial charge in [0.25, 0.3) is 0 Å². The first-order valence-electron chi connectivity index (χ1n) is 11.4. The topological polar surface area (TPSA) is 70.6 Å². The average molecular weight is 476 g/mol. The van der Waals surface area contributed by atoms with Crippen molar-refractivity contribution in [2.75, 3.05) is 20.1 Å². The number of hydrogen-bond acceptors (Lipinski definition) is 4. The van der Waals surface area contributed by atoms with Crippen LogP contribution in [0.25, 0.3) is 6.08 Å². The van der Waals surface area contributed by atoms with Gasteiger partial charge in [0.1, 0.15) is 0 Å². The molecule has 0 N–H and O–H groups in total. The summed E-state index contributed by atoms with van der Waals surface area (Å²) < 4.78 is 27.0. The van der Waals surface area contributed by atoms with Crippen molar-refractivity contribution in [3.8, 4) is 0 Å². The molecule has 1 unspecified atom stereocenters. The van der Waals surface area contributed by atoms with E-state index >= 15 is 0 Å². The van der Waals surface area contributed by atoms with Crippen molar-refractivity contribution in [1.29, 1.82) is 0 Å². The van der Waals surface area contributed by atoms with Gasteiger partial charge in [0, 0.05) is 37.7 Å². The number of piperidine rings is 1. The molecular formula is C27H29N3O3S. The SMILES string of the molecule is CN(C(=O)C1CCN(S(=O)(=O)C=Cc2ccccc2)CC1)C(c1ccccc1)c1ccccn1. The van der Waals surface area contributed by atoms with Crippen LogP contribution in [-0.2, 0) is 14.8 Å². The van der Waals surface area contributed by atoms with Gasteiger partial charge in [-0.2, -0.15) is 4.31 Å². The number of amides is 1. The summed E-state index contributed by atoms with van der Waals surface area (Å²) in [4.78, 5) is 19.7. The molecule has 2 heterocycles. The molecule has 1 atom stereocenters. The summed E-state index contributed by atoms with van der Waals surface area (Å²) in [6.45, 7) is 0.649. The first-order valence-corrected chi connectivity index (χ1v) is 12.9. The minimum atomic E-state index is -3.54. The van der Waals surface area contributed by atoms with E-state index in [1.54, 1.807) is 24.2 Å². The maximum Gasteiger partial charge on any atom is 0.236 e. The van der Waals surface area contributed by atoms with Gasteiger partial charge >= 0.3 is 0 Å². The van der Waals surface area contributed by atoms with Crippen LogP contribution in [0.15, 0.2) is 90.5 Å². The smallest absolute Gasteiger partial charge is 0.236 e. The van der Waals surface area contributed by atoms with E-state index in [9.17, 15) is 13.2 Å². The molecule has 3 aromatic rings. The molecule has 1 aliphatic rings. The van der Waals surface area contributed by atoms with Gasteiger partial charge in [0.15, 0.2) is 0 Å². The lowest BCUT2D eigenvalue weighted by Gasteiger charge is -2.35. The van der Waals surface area contributed by atoms with Gasteiger partial charge in [-0.3, -0.25) is 9.78 Å². The van der Waals surface area contributed by atoms with Gasteiger partial charge in [-0.1, -0.05) is 66.7 Å². The zero-order valence-corrected chi connectivity index (χ0v) is 20.0. The predicted octanol–water partition coefficient (Wildman–Crippen LogP) is 4.34. The van der Waals surface area contributed by atoms with Crippen molar-refractivity contribution in [1.82, 2.24) is 14.2 Å². The van der Waals surface area contributed by atoms with Crippen LogP contribution < -0.4 is 0 Å². The number of nitrogens with zero attached hydrogens (tertiary/aromatic N) is 3. The Hall–Kier alpha value is -3.29. The summed E-state index contributed by atoms with van der Waals surface area (Å²) in [6, 6.07) is 24.6. The number of carbonyl (C=O) groups excluding carboxylic acids is 1. The molecule has 0 radical (unpaired) electrons. The minimum Gasteiger partial charge on any atom is -0.333 e. The fourth-order valence-electron chi connectivity index (χ4n) is 4.35. The maximum absolute atomic E-state index is 13.5. The van der Waals surface area contributed by atoms with Gasteiger partial charge < -0.3 is 4.90 Å². The number of benzene rings is 2. The molecule has 6 nitrogen and oxygen atoms in total. The standard InChI is InChI=1S/C27H29N3O3S/c1-29(26(23-12-6-3-7-13-23)25-14-8-9-18-28-25)27(31)24-15-19-30(20-16-24)34(32,33)21-17-22-10-4-2-5-11-22/h2-14,17-18,21,24,26H,15-16,19-20H2,1H3. The Labute approximate surface area is 201 Å². The Bertz CT molecular complexity index is 1170. The number of rotatable bonds is 7. The second-order valence-corrected chi connectivity index (χ2v) is 10.3. The first kappa shape index (κ1) is 23.9. The van der Waals surface area contributed by atoms with E-state index in [1.165, 1.54) is 9.71 Å². The second-order valence-electron chi connectivity index (χ2n) is 8.45. The zero-order chi connectivity index (χ0) is 24.0. The molecule has 1 saturated heterocycles. The van der Waals surface area contributed by atoms with E-state index < -0.39 is 10.0 Å². The lowest BCUT2D eigenvalue weighted by Crippen LogP contribution is -2.44. The molecule has 34 heavy (non-hydrogen) atoms. The molecule has 1 aromatic heterocycles. The normalized spacial score (nSPS) is 16.4. The molecule has 176 valence electrons. The number of carbonyl (C=O) groups is 1. The Morgan fingerprint density at radius 3 is 2.21 bits per heavy atom. The molecule has 7 heteroatoms. The molecule has 1 aliphatic heterocycles. The summed E-state index contributed by atoms with van der Waals surface area (Å²) >= 11 is 0. The zero-order valence-electron chi connectivity index (χ0n) is 19.2. The molecule has 0 saturated carbocycles. The Morgan fingerprint density at radius 2 is 1.59 bits per heavy atom. The molecule has 0 aliphatic carbocycles. The lowest BCUT2D eigenvalue weighted by atomic mass is 9.94. The van der Waals surface area contributed by atoms with E-state index in [1.807, 2.05) is 78.9 Å². The molecule has 0 bridgehead atoms. The Morgan fingerprint density at radius 1 is 0.971 bits per heavy atom. The van der Waals surface area contributed by atoms with Crippen LogP contribution >= 0.6 is 0 Å². The van der Waals surface area contributed by atoms with Crippen LogP contribution in [0.1, 0.15) is 35.7 Å². The number of sulfonamides is 1. The van der Waals surface area contributed by atoms with E-state index in [0.29, 0.717) is 25.9 Å². The summed E-state index contributed by atoms with van der Waals surface area (Å²) in [5, 5.41) is 1.25. The highest BCUT2D eigenvalue weighted by Crippen LogP contribution is 2.30. The number of pyridine rings is 1. The van der Waals surface area contributed by atoms with Crippen LogP contribution in [0.4, 0.5) is 0 Å². The van der Waals surface area contributed by atoms with Gasteiger partial charge in [-0.15, -0.1) is 0 Å². The number of hydrogen-bond donors (Lipinski definition) is 0. The Balaban J connectivity index is 1.44. The van der Waals surface area contributed by atoms with Crippen LogP contribution in [0.5, 0.6) is 0 Å². The van der Waals surface area contributed by atoms with Crippen LogP contribution in [0.3, 0.4) is 0 Å². The summed E-state index contributed by atoms with van der Waals surface area (Å²) in [5.74, 6) is -0.221. The van der Waals surface area contributed by atoms with Crippen molar-refractivity contribution in [3.63, 3.8) is 0 Å². The van der Waals surface area contributed by atoms with E-state index in [2.05, 4.69) is 4.98 Å². The van der Waals surface area contributed by atoms with E-state index in [-0.39, 0.29) is 17.9 Å². The molecular weight excluding hydrogens is 446 g/mol. The van der Waals surface area contributed by atoms with Crippen LogP contribution in [0.2, 0.25) is 0 Å². The fourth-order valence-corrected chi connectivity index (χ4v) is 5.57. The van der Waals surface area contributed by atoms with E-state index in [4.69, 9.17) is 0 Å². The molecule has 2 aromatic carbocycles. The molecule has 4 rings (SSSR count). The third kappa shape index (κ3) is 5.61. The highest BCUT2D eigenvalue weighted by atomic mass is 32.2. The minimum absolute atomic E-state index is 0.0105. The van der Waals surface area contributed by atoms with Gasteiger partial charge in [0.05, 0.1) is 11.7 Å². The quantitative estimate of drug-likeness (QED) is 0.510. The first-order chi connectivity index (χ1) is 16.5. The fraction of sp³-hybridized carbons (Fsp3) is 0.259. The van der Waals surface area contributed by atoms with Crippen LogP contribution in [-0.4, -0.2) is 48.7 Å². The number of aromatic nitrogens is 1. The van der Waals surface area contributed by atoms with Gasteiger partial charge in [-0.05, 0) is 42.2 Å². The van der Waals surface area contributed by atoms with Crippen molar-refractivity contribution < 1.29 is 13.2 Å². The summed E-state index contributed by atoms with van der Waals surface area (Å²) in [5.41, 5.74) is 2.62. The second kappa shape index (κ2) is 10.8. The van der Waals surface area contributed by atoms with Crippen molar-refractivity contribution >= 4 is 22.0 Å². The lowest BCUT2D eigenvalue weighted by molar-refractivity contribution is -0.137. The van der Waals surface area contributed by atoms with Gasteiger partial charge in [-0.25, -0.2) is 8.42 Å². The van der Waals surface area contributed by atoms with Crippen molar-refractivity contribution in [3.05, 3.63) is 107 Å². The molecule has 0 spiro atoms. The maximum atomic E-state index is 13.5. The largest absolute Gasteiger partial charge is 0.333 e. The highest BCUT2D eigenvalue weighted by molar-refractivity contribution is 7.92. The Kier molecular flexibility index (Phi) is 7.55. The van der Waals surface area contributed by atoms with Gasteiger partial charge in [0.2, 0.25) is 15.9 Å². The van der Waals surface area contributed by atoms with Crippen molar-refractivity contribution in [2.24, 2.45) is 5.92 Å². The van der Waals surface area contributed by atoms with Crippen LogP contribution in [0, 0.1) is 5.92 Å². The molecule has 1 fully saturated rings. The third-order valence-electron chi connectivity index (χ3n) is 6.21. The average Bonchev–Trinajstić information content (AvgIpc) is 2.89. The van der Waals surface area contributed by atoms with E-state index in [0.717, 1.165) is 16.8 Å².